The summed E-state index contributed by atoms with van der Waals surface area (Å²) in [5, 5.41) is 4.31. The Morgan fingerprint density at radius 2 is 1.73 bits per heavy atom. The Morgan fingerprint density at radius 3 is 2.52 bits per heavy atom. The Kier molecular flexibility index (Phi) is 7.40. The van der Waals surface area contributed by atoms with Crippen LogP contribution in [0.2, 0.25) is 5.02 Å². The van der Waals surface area contributed by atoms with Gasteiger partial charge in [-0.1, -0.05) is 41.6 Å². The van der Waals surface area contributed by atoms with E-state index in [1.54, 1.807) is 18.5 Å². The molecule has 1 aliphatic heterocycles. The van der Waals surface area contributed by atoms with E-state index in [0.29, 0.717) is 5.02 Å². The van der Waals surface area contributed by atoms with E-state index in [0.717, 1.165) is 48.3 Å². The van der Waals surface area contributed by atoms with Crippen LogP contribution < -0.4 is 15.1 Å². The minimum absolute atomic E-state index is 0.0956. The number of thioether (sulfide) groups is 1. The molecule has 6 nitrogen and oxygen atoms in total. The Bertz CT molecular complexity index is 1150. The second kappa shape index (κ2) is 10.4. The van der Waals surface area contributed by atoms with Crippen molar-refractivity contribution in [3.8, 4) is 0 Å². The van der Waals surface area contributed by atoms with Crippen molar-refractivity contribution < 1.29 is 4.79 Å². The number of amides is 1. The van der Waals surface area contributed by atoms with Crippen molar-refractivity contribution >= 4 is 46.5 Å². The van der Waals surface area contributed by atoms with Crippen LogP contribution in [0, 0.1) is 20.8 Å². The lowest BCUT2D eigenvalue weighted by atomic mass is 10.1. The van der Waals surface area contributed by atoms with E-state index in [9.17, 15) is 4.79 Å². The number of aromatic nitrogens is 2. The van der Waals surface area contributed by atoms with E-state index in [1.807, 2.05) is 19.1 Å². The first kappa shape index (κ1) is 23.4. The number of nitrogens with one attached hydrogen (secondary N) is 1. The van der Waals surface area contributed by atoms with Crippen molar-refractivity contribution in [2.45, 2.75) is 25.8 Å². The van der Waals surface area contributed by atoms with Crippen LogP contribution in [-0.2, 0) is 4.79 Å². The number of nitrogens with zero attached hydrogens (tertiary/aromatic N) is 4. The Labute approximate surface area is 204 Å². The molecule has 0 radical (unpaired) electrons. The van der Waals surface area contributed by atoms with Gasteiger partial charge in [0.05, 0.1) is 5.75 Å². The highest BCUT2D eigenvalue weighted by Crippen LogP contribution is 2.29. The molecule has 0 aliphatic carbocycles. The smallest absolute Gasteiger partial charge is 0.234 e. The molecule has 2 heterocycles. The molecule has 0 atom stereocenters. The number of anilines is 3. The van der Waals surface area contributed by atoms with Crippen molar-refractivity contribution in [3.05, 3.63) is 70.5 Å². The molecular weight excluding hydrogens is 454 g/mol. The Balaban J connectivity index is 1.38. The lowest BCUT2D eigenvalue weighted by Crippen LogP contribution is -2.47. The van der Waals surface area contributed by atoms with E-state index >= 15 is 0 Å². The quantitative estimate of drug-likeness (QED) is 0.493. The first-order chi connectivity index (χ1) is 15.9. The Morgan fingerprint density at radius 1 is 1.00 bits per heavy atom. The first-order valence-electron chi connectivity index (χ1n) is 11.0. The predicted octanol–water partition coefficient (Wildman–Crippen LogP) is 5.11. The molecule has 0 saturated carbocycles. The minimum Gasteiger partial charge on any atom is -0.368 e. The average Bonchev–Trinajstić information content (AvgIpc) is 2.82. The van der Waals surface area contributed by atoms with E-state index in [2.05, 4.69) is 57.1 Å². The number of hydrogen-bond donors (Lipinski definition) is 1. The summed E-state index contributed by atoms with van der Waals surface area (Å²) in [6.07, 6.45) is 3.39. The molecular formula is C25H28ClN5OS. The molecule has 0 bridgehead atoms. The van der Waals surface area contributed by atoms with Gasteiger partial charge in [0.15, 0.2) is 5.82 Å². The van der Waals surface area contributed by atoms with Gasteiger partial charge in [0.1, 0.15) is 5.03 Å². The molecule has 1 fully saturated rings. The minimum atomic E-state index is -0.0956. The monoisotopic (exact) mass is 481 g/mol. The van der Waals surface area contributed by atoms with Gasteiger partial charge in [-0.15, -0.1) is 0 Å². The number of hydrogen-bond acceptors (Lipinski definition) is 6. The van der Waals surface area contributed by atoms with Gasteiger partial charge < -0.3 is 15.1 Å². The van der Waals surface area contributed by atoms with E-state index in [1.165, 1.54) is 28.6 Å². The van der Waals surface area contributed by atoms with E-state index < -0.39 is 0 Å². The highest BCUT2D eigenvalue weighted by Gasteiger charge is 2.22. The van der Waals surface area contributed by atoms with Crippen LogP contribution >= 0.6 is 23.4 Å². The van der Waals surface area contributed by atoms with Crippen LogP contribution in [-0.4, -0.2) is 47.8 Å². The molecule has 2 aromatic carbocycles. The van der Waals surface area contributed by atoms with Crippen LogP contribution in [0.3, 0.4) is 0 Å². The van der Waals surface area contributed by atoms with Crippen molar-refractivity contribution in [1.82, 2.24) is 9.97 Å². The third kappa shape index (κ3) is 5.60. The van der Waals surface area contributed by atoms with Gasteiger partial charge in [-0.3, -0.25) is 4.79 Å². The molecule has 1 aromatic heterocycles. The van der Waals surface area contributed by atoms with E-state index in [4.69, 9.17) is 11.6 Å². The van der Waals surface area contributed by atoms with E-state index in [-0.39, 0.29) is 11.7 Å². The number of aryl methyl sites for hydroxylation is 2. The summed E-state index contributed by atoms with van der Waals surface area (Å²) >= 11 is 7.47. The highest BCUT2D eigenvalue weighted by atomic mass is 35.5. The maximum atomic E-state index is 12.6. The average molecular weight is 482 g/mol. The maximum Gasteiger partial charge on any atom is 0.234 e. The fourth-order valence-electron chi connectivity index (χ4n) is 3.92. The van der Waals surface area contributed by atoms with Gasteiger partial charge >= 0.3 is 0 Å². The number of benzene rings is 2. The summed E-state index contributed by atoms with van der Waals surface area (Å²) in [6.45, 7) is 9.82. The number of carbonyl (C=O) groups is 1. The van der Waals surface area contributed by atoms with Gasteiger partial charge in [-0.2, -0.15) is 0 Å². The first-order valence-corrected chi connectivity index (χ1v) is 12.3. The van der Waals surface area contributed by atoms with Gasteiger partial charge in [0, 0.05) is 55.0 Å². The molecule has 1 amide bonds. The molecule has 0 spiro atoms. The van der Waals surface area contributed by atoms with Gasteiger partial charge in [-0.25, -0.2) is 9.97 Å². The predicted molar refractivity (Wildman–Crippen MR) is 138 cm³/mol. The molecule has 33 heavy (non-hydrogen) atoms. The molecule has 172 valence electrons. The fraction of sp³-hybridized carbons (Fsp3) is 0.320. The van der Waals surface area contributed by atoms with Gasteiger partial charge in [-0.05, 0) is 55.7 Å². The summed E-state index contributed by atoms with van der Waals surface area (Å²) in [5.41, 5.74) is 5.66. The highest BCUT2D eigenvalue weighted by molar-refractivity contribution is 8.00. The summed E-state index contributed by atoms with van der Waals surface area (Å²) in [4.78, 5) is 26.4. The third-order valence-electron chi connectivity index (χ3n) is 5.96. The number of piperazine rings is 1. The zero-order valence-electron chi connectivity index (χ0n) is 19.1. The molecule has 8 heteroatoms. The summed E-state index contributed by atoms with van der Waals surface area (Å²) < 4.78 is 0. The molecule has 3 aromatic rings. The van der Waals surface area contributed by atoms with Crippen molar-refractivity contribution in [3.63, 3.8) is 0 Å². The van der Waals surface area contributed by atoms with Crippen LogP contribution in [0.4, 0.5) is 17.2 Å². The number of carbonyl (C=O) groups excluding carboxylic acids is 1. The summed E-state index contributed by atoms with van der Waals surface area (Å²) in [6, 6.07) is 11.9. The van der Waals surface area contributed by atoms with Crippen molar-refractivity contribution in [1.29, 1.82) is 0 Å². The summed E-state index contributed by atoms with van der Waals surface area (Å²) in [7, 11) is 0. The largest absolute Gasteiger partial charge is 0.368 e. The van der Waals surface area contributed by atoms with Crippen molar-refractivity contribution in [2.24, 2.45) is 0 Å². The molecule has 1 aliphatic rings. The van der Waals surface area contributed by atoms with Crippen LogP contribution in [0.25, 0.3) is 0 Å². The Hall–Kier alpha value is -2.77. The fourth-order valence-corrected chi connectivity index (χ4v) is 4.88. The lowest BCUT2D eigenvalue weighted by molar-refractivity contribution is -0.113. The molecule has 0 unspecified atom stereocenters. The topological polar surface area (TPSA) is 61.4 Å². The number of halogens is 1. The maximum absolute atomic E-state index is 12.6. The number of rotatable bonds is 6. The van der Waals surface area contributed by atoms with Crippen LogP contribution in [0.15, 0.2) is 53.8 Å². The SMILES string of the molecule is Cc1ccc(Cl)cc1NC(=O)CSc1nccnc1N1CCN(c2cccc(C)c2C)CC1. The molecule has 4 rings (SSSR count). The van der Waals surface area contributed by atoms with Gasteiger partial charge in [0.25, 0.3) is 0 Å². The second-order valence-electron chi connectivity index (χ2n) is 8.17. The normalized spacial score (nSPS) is 13.8. The molecule has 1 saturated heterocycles. The van der Waals surface area contributed by atoms with Crippen LogP contribution in [0.5, 0.6) is 0 Å². The van der Waals surface area contributed by atoms with Crippen LogP contribution in [0.1, 0.15) is 16.7 Å². The zero-order valence-corrected chi connectivity index (χ0v) is 20.7. The third-order valence-corrected chi connectivity index (χ3v) is 7.16. The lowest BCUT2D eigenvalue weighted by Gasteiger charge is -2.37. The van der Waals surface area contributed by atoms with Crippen molar-refractivity contribution in [2.75, 3.05) is 47.0 Å². The molecule has 1 N–H and O–H groups in total. The second-order valence-corrected chi connectivity index (χ2v) is 9.57. The van der Waals surface area contributed by atoms with Gasteiger partial charge in [0.2, 0.25) is 5.91 Å². The standard InChI is InChI=1S/C25H28ClN5OS/c1-17-5-4-6-22(19(17)3)30-11-13-31(14-12-30)24-25(28-10-9-27-24)33-16-23(32)29-21-15-20(26)8-7-18(21)2/h4-10,15H,11-14,16H2,1-3H3,(H,29,32). The zero-order chi connectivity index (χ0) is 23.4. The summed E-state index contributed by atoms with van der Waals surface area (Å²) in [5.74, 6) is 0.997.